The van der Waals surface area contributed by atoms with Gasteiger partial charge in [0.25, 0.3) is 0 Å². The van der Waals surface area contributed by atoms with Crippen LogP contribution in [0.4, 0.5) is 0 Å². The summed E-state index contributed by atoms with van der Waals surface area (Å²) in [6.45, 7) is 29.0. The molecule has 0 aliphatic rings. The Morgan fingerprint density at radius 2 is 0.879 bits per heavy atom. The Balaban J connectivity index is -0.000000111. The Morgan fingerprint density at radius 3 is 1.19 bits per heavy atom. The van der Waals surface area contributed by atoms with Crippen LogP contribution >= 0.6 is 31.0 Å². The Morgan fingerprint density at radius 1 is 0.569 bits per heavy atom. The Hall–Kier alpha value is -1.03. The van der Waals surface area contributed by atoms with Crippen LogP contribution < -0.4 is 0 Å². The fraction of sp³-hybridized carbons (Fsp3) is 0.638. The second-order valence-electron chi connectivity index (χ2n) is 12.6. The zero-order chi connectivity index (χ0) is 45.0. The number of carbonyl (C=O) groups is 3. The van der Waals surface area contributed by atoms with E-state index in [-0.39, 0.29) is 42.9 Å². The van der Waals surface area contributed by atoms with Gasteiger partial charge >= 0.3 is 71.9 Å². The van der Waals surface area contributed by atoms with E-state index in [4.69, 9.17) is 31.0 Å². The molecule has 0 bridgehead atoms. The molecular weight excluding hydrogens is 898 g/mol. The number of rotatable bonds is 24. The Kier molecular flexibility index (Phi) is 80.2. The molecule has 0 radical (unpaired) electrons. The molecule has 1 aromatic rings. The molecule has 6 nitrogen and oxygen atoms in total. The fourth-order valence-electron chi connectivity index (χ4n) is 4.36. The largest absolute Gasteiger partial charge is 2.00 e. The van der Waals surface area contributed by atoms with Crippen molar-refractivity contribution in [2.45, 2.75) is 169 Å². The van der Waals surface area contributed by atoms with Crippen molar-refractivity contribution in [1.29, 1.82) is 0 Å². The Labute approximate surface area is 392 Å². The number of alkyl halides is 1. The third-order valence-electron chi connectivity index (χ3n) is 7.63. The van der Waals surface area contributed by atoms with E-state index in [1.165, 1.54) is 124 Å². The second kappa shape index (κ2) is 65.1. The number of hydrogen-bond donors (Lipinski definition) is 0. The monoisotopic (exact) mass is 976 g/mol. The summed E-state index contributed by atoms with van der Waals surface area (Å²) < 4.78 is 13.4. The molecular formula is C47H83Cl3O6Zn2. The molecule has 0 atom stereocenters. The summed E-state index contributed by atoms with van der Waals surface area (Å²) in [5.41, 5.74) is 2.44. The van der Waals surface area contributed by atoms with E-state index in [1.54, 1.807) is 0 Å². The molecule has 0 N–H and O–H groups in total. The van der Waals surface area contributed by atoms with Crippen LogP contribution in [0, 0.1) is 13.8 Å². The normalized spacial score (nSPS) is 8.78. The van der Waals surface area contributed by atoms with Gasteiger partial charge in [0.2, 0.25) is 0 Å². The third kappa shape index (κ3) is 64.1. The van der Waals surface area contributed by atoms with Crippen molar-refractivity contribution in [3.8, 4) is 0 Å². The molecule has 0 aromatic heterocycles. The van der Waals surface area contributed by atoms with Crippen LogP contribution in [0.1, 0.15) is 169 Å². The first kappa shape index (κ1) is 71.5. The van der Waals surface area contributed by atoms with Gasteiger partial charge in [-0.15, -0.1) is 11.6 Å². The molecule has 0 saturated heterocycles. The number of methoxy groups -OCH3 is 3. The zero-order valence-electron chi connectivity index (χ0n) is 38.5. The van der Waals surface area contributed by atoms with E-state index >= 15 is 0 Å². The molecule has 1 aromatic carbocycles. The SMILES string of the molecule is C=C(CCCCCCCCC)C(=O)OC.C=C(CCl)C(=O)OC.C=C(Cc1ccccc1)C(=O)OC.CC.[CH2-]CCCCCCC.[CH2-]CCCCCCC.[Cl][Zn][Cl].[Zn+2]. The topological polar surface area (TPSA) is 78.9 Å². The third-order valence-corrected chi connectivity index (χ3v) is 7.96. The quantitative estimate of drug-likeness (QED) is 0.0195. The molecule has 0 spiro atoms. The van der Waals surface area contributed by atoms with E-state index in [0.29, 0.717) is 17.6 Å². The number of carbonyl (C=O) groups excluding carboxylic acids is 3. The molecule has 0 heterocycles. The minimum Gasteiger partial charge on any atom is 2.00 e. The fourth-order valence-corrected chi connectivity index (χ4v) is 4.47. The molecule has 11 heteroatoms. The van der Waals surface area contributed by atoms with Gasteiger partial charge in [0.15, 0.2) is 0 Å². The predicted octanol–water partition coefficient (Wildman–Crippen LogP) is 15.5. The van der Waals surface area contributed by atoms with Gasteiger partial charge in [0, 0.05) is 23.1 Å². The summed E-state index contributed by atoms with van der Waals surface area (Å²) in [5, 5.41) is 0. The minimum atomic E-state index is -0.931. The average Bonchev–Trinajstić information content (AvgIpc) is 3.24. The predicted molar refractivity (Wildman–Crippen MR) is 247 cm³/mol. The van der Waals surface area contributed by atoms with Crippen LogP contribution in [0.15, 0.2) is 66.8 Å². The number of hydrogen-bond acceptors (Lipinski definition) is 6. The van der Waals surface area contributed by atoms with Gasteiger partial charge in [0.05, 0.1) is 27.2 Å². The molecule has 1 rings (SSSR count). The number of unbranched alkanes of at least 4 members (excludes halogenated alkanes) is 16. The number of ether oxygens (including phenoxy) is 3. The summed E-state index contributed by atoms with van der Waals surface area (Å²) in [5.74, 6) is -0.919. The van der Waals surface area contributed by atoms with E-state index in [0.717, 1.165) is 31.2 Å². The van der Waals surface area contributed by atoms with E-state index < -0.39 is 21.1 Å². The summed E-state index contributed by atoms with van der Waals surface area (Å²) in [4.78, 5) is 32.3. The van der Waals surface area contributed by atoms with Gasteiger partial charge in [-0.3, -0.25) is 0 Å². The molecule has 0 aliphatic heterocycles. The van der Waals surface area contributed by atoms with Crippen molar-refractivity contribution < 1.29 is 63.2 Å². The number of halogens is 3. The summed E-state index contributed by atoms with van der Waals surface area (Å²) in [7, 11) is 14.0. The zero-order valence-corrected chi connectivity index (χ0v) is 46.7. The smallest absolute Gasteiger partial charge is 2.00 e. The average molecular weight is 981 g/mol. The van der Waals surface area contributed by atoms with Crippen molar-refractivity contribution in [3.05, 3.63) is 86.2 Å². The van der Waals surface area contributed by atoms with Crippen LogP contribution in [0.5, 0.6) is 0 Å². The van der Waals surface area contributed by atoms with E-state index in [9.17, 15) is 14.4 Å². The van der Waals surface area contributed by atoms with Gasteiger partial charge in [-0.05, 0) is 18.4 Å². The standard InChI is InChI=1S/C13H24O2.C11H12O2.2C8H17.C5H7ClO2.C2H6.2ClH.2Zn/c1-4-5-6-7-8-9-10-11-12(2)13(14)15-3;1-9(11(12)13-2)8-10-6-4-3-5-7-10;2*1-3-5-7-8-6-4-2;1-4(3-6)5(7)8-2;1-2;;;;/h2,4-11H2,1,3H3;3-7H,1,8H2,2H3;2*1,3-8H2,2H3;1,3H2,2H3;1-2H3;2*1H;;/q;;2*-1;;;;;2*+2/p-2. The van der Waals surface area contributed by atoms with Gasteiger partial charge in [-0.25, -0.2) is 14.4 Å². The molecule has 58 heavy (non-hydrogen) atoms. The van der Waals surface area contributed by atoms with Gasteiger partial charge in [-0.2, -0.15) is 12.8 Å². The number of esters is 3. The van der Waals surface area contributed by atoms with Gasteiger partial charge in [0.1, 0.15) is 0 Å². The van der Waals surface area contributed by atoms with Crippen LogP contribution in [0.2, 0.25) is 0 Å². The molecule has 0 aliphatic carbocycles. The van der Waals surface area contributed by atoms with E-state index in [2.05, 4.69) is 68.6 Å². The van der Waals surface area contributed by atoms with Crippen molar-refractivity contribution in [3.63, 3.8) is 0 Å². The van der Waals surface area contributed by atoms with Crippen LogP contribution in [0.3, 0.4) is 0 Å². The number of benzene rings is 1. The van der Waals surface area contributed by atoms with E-state index in [1.807, 2.05) is 44.2 Å². The van der Waals surface area contributed by atoms with Gasteiger partial charge in [-0.1, -0.05) is 187 Å². The Bertz CT molecular complexity index is 989. The molecule has 0 fully saturated rings. The first-order valence-electron chi connectivity index (χ1n) is 21.0. The van der Waals surface area contributed by atoms with Gasteiger partial charge < -0.3 is 28.1 Å². The van der Waals surface area contributed by atoms with Crippen LogP contribution in [-0.2, 0) is 69.6 Å². The summed E-state index contributed by atoms with van der Waals surface area (Å²) >= 11 is 4.29. The van der Waals surface area contributed by atoms with Crippen molar-refractivity contribution >= 4 is 48.9 Å². The summed E-state index contributed by atoms with van der Waals surface area (Å²) in [6, 6.07) is 9.70. The first-order valence-corrected chi connectivity index (χ1v) is 29.3. The molecule has 0 unspecified atom stereocenters. The maximum Gasteiger partial charge on any atom is 2.00 e. The minimum absolute atomic E-state index is 0. The second-order valence-corrected chi connectivity index (χ2v) is 17.5. The van der Waals surface area contributed by atoms with Crippen LogP contribution in [-0.4, -0.2) is 45.1 Å². The van der Waals surface area contributed by atoms with Crippen molar-refractivity contribution in [2.24, 2.45) is 0 Å². The molecule has 332 valence electrons. The van der Waals surface area contributed by atoms with Crippen LogP contribution in [0.25, 0.3) is 0 Å². The summed E-state index contributed by atoms with van der Waals surface area (Å²) in [6.07, 6.45) is 26.1. The first-order chi connectivity index (χ1) is 27.4. The molecule has 0 amide bonds. The molecule has 0 saturated carbocycles. The maximum absolute atomic E-state index is 11.0. The van der Waals surface area contributed by atoms with Crippen molar-refractivity contribution in [1.82, 2.24) is 0 Å². The van der Waals surface area contributed by atoms with Crippen molar-refractivity contribution in [2.75, 3.05) is 27.2 Å². The maximum atomic E-state index is 11.0.